The normalized spacial score (nSPS) is 10.5. The third-order valence-corrected chi connectivity index (χ3v) is 5.46. The Labute approximate surface area is 202 Å². The molecule has 0 saturated heterocycles. The molecule has 7 nitrogen and oxygen atoms in total. The number of anilines is 5. The fraction of sp³-hybridized carbons (Fsp3) is 0.0357. The van der Waals surface area contributed by atoms with Crippen LogP contribution in [0.15, 0.2) is 104 Å². The van der Waals surface area contributed by atoms with Gasteiger partial charge in [-0.25, -0.2) is 0 Å². The number of aromatic nitrogens is 2. The van der Waals surface area contributed by atoms with Crippen LogP contribution < -0.4 is 20.7 Å². The number of carbonyl (C=O) groups is 1. The average molecular weight is 462 g/mol. The van der Waals surface area contributed by atoms with Gasteiger partial charge in [-0.2, -0.15) is 0 Å². The van der Waals surface area contributed by atoms with Gasteiger partial charge >= 0.3 is 0 Å². The zero-order valence-electron chi connectivity index (χ0n) is 19.0. The second-order valence-corrected chi connectivity index (χ2v) is 7.84. The zero-order chi connectivity index (χ0) is 24.0. The number of benzene rings is 3. The second-order valence-electron chi connectivity index (χ2n) is 7.84. The summed E-state index contributed by atoms with van der Waals surface area (Å²) in [4.78, 5) is 21.3. The van der Waals surface area contributed by atoms with Crippen LogP contribution in [0.3, 0.4) is 0 Å². The highest BCUT2D eigenvalue weighted by Crippen LogP contribution is 2.29. The van der Waals surface area contributed by atoms with Crippen molar-refractivity contribution in [1.29, 1.82) is 0 Å². The SMILES string of the molecule is COc1ccc2nccc(Nc3cccc(C(=O)Nc4ccc(Nc5ccncc5)cc4)c3)c2c1. The van der Waals surface area contributed by atoms with E-state index in [4.69, 9.17) is 4.74 Å². The number of hydrogen-bond acceptors (Lipinski definition) is 6. The summed E-state index contributed by atoms with van der Waals surface area (Å²) in [5.74, 6) is 0.563. The monoisotopic (exact) mass is 461 g/mol. The third kappa shape index (κ3) is 5.20. The maximum absolute atomic E-state index is 12.9. The molecule has 7 heteroatoms. The molecule has 0 spiro atoms. The molecule has 35 heavy (non-hydrogen) atoms. The number of ether oxygens (including phenoxy) is 1. The first-order valence-electron chi connectivity index (χ1n) is 11.1. The van der Waals surface area contributed by atoms with Crippen LogP contribution in [-0.2, 0) is 0 Å². The maximum Gasteiger partial charge on any atom is 0.255 e. The molecule has 5 aromatic rings. The van der Waals surface area contributed by atoms with E-state index < -0.39 is 0 Å². The van der Waals surface area contributed by atoms with Gasteiger partial charge in [0.05, 0.1) is 12.6 Å². The summed E-state index contributed by atoms with van der Waals surface area (Å²) in [5.41, 5.74) is 5.65. The summed E-state index contributed by atoms with van der Waals surface area (Å²) in [6.45, 7) is 0. The highest BCUT2D eigenvalue weighted by atomic mass is 16.5. The lowest BCUT2D eigenvalue weighted by Gasteiger charge is -2.12. The molecule has 0 atom stereocenters. The Morgan fingerprint density at radius 1 is 0.743 bits per heavy atom. The van der Waals surface area contributed by atoms with Crippen molar-refractivity contribution >= 4 is 45.2 Å². The minimum Gasteiger partial charge on any atom is -0.497 e. The van der Waals surface area contributed by atoms with Crippen molar-refractivity contribution in [2.24, 2.45) is 0 Å². The molecule has 0 saturated carbocycles. The van der Waals surface area contributed by atoms with E-state index in [1.54, 1.807) is 31.8 Å². The molecule has 2 aromatic heterocycles. The number of nitrogens with one attached hydrogen (secondary N) is 3. The summed E-state index contributed by atoms with van der Waals surface area (Å²) >= 11 is 0. The predicted octanol–water partition coefficient (Wildman–Crippen LogP) is 6.38. The topological polar surface area (TPSA) is 88.2 Å². The molecule has 5 rings (SSSR count). The van der Waals surface area contributed by atoms with E-state index in [-0.39, 0.29) is 5.91 Å². The number of hydrogen-bond donors (Lipinski definition) is 3. The molecule has 2 heterocycles. The molecule has 0 aliphatic rings. The van der Waals surface area contributed by atoms with Crippen LogP contribution >= 0.6 is 0 Å². The molecule has 0 bridgehead atoms. The smallest absolute Gasteiger partial charge is 0.255 e. The number of pyridine rings is 2. The Bertz CT molecular complexity index is 1470. The van der Waals surface area contributed by atoms with E-state index in [2.05, 4.69) is 25.9 Å². The van der Waals surface area contributed by atoms with E-state index in [1.165, 1.54) is 0 Å². The van der Waals surface area contributed by atoms with E-state index in [0.717, 1.165) is 39.4 Å². The highest BCUT2D eigenvalue weighted by Gasteiger charge is 2.09. The van der Waals surface area contributed by atoms with Crippen LogP contribution in [0.4, 0.5) is 28.4 Å². The molecular weight excluding hydrogens is 438 g/mol. The van der Waals surface area contributed by atoms with Gasteiger partial charge in [-0.05, 0) is 78.9 Å². The van der Waals surface area contributed by atoms with Gasteiger partial charge in [0, 0.05) is 58.0 Å². The lowest BCUT2D eigenvalue weighted by molar-refractivity contribution is 0.102. The van der Waals surface area contributed by atoms with Crippen LogP contribution in [0.25, 0.3) is 10.9 Å². The lowest BCUT2D eigenvalue weighted by Crippen LogP contribution is -2.12. The van der Waals surface area contributed by atoms with Gasteiger partial charge in [-0.1, -0.05) is 6.07 Å². The Morgan fingerprint density at radius 2 is 1.51 bits per heavy atom. The molecule has 3 N–H and O–H groups in total. The Balaban J connectivity index is 1.29. The number of carbonyl (C=O) groups excluding carboxylic acids is 1. The second kappa shape index (κ2) is 9.93. The first-order chi connectivity index (χ1) is 17.2. The van der Waals surface area contributed by atoms with E-state index in [0.29, 0.717) is 11.3 Å². The van der Waals surface area contributed by atoms with Gasteiger partial charge in [0.15, 0.2) is 0 Å². The van der Waals surface area contributed by atoms with E-state index in [1.807, 2.05) is 78.9 Å². The largest absolute Gasteiger partial charge is 0.497 e. The number of methoxy groups -OCH3 is 1. The van der Waals surface area contributed by atoms with Crippen molar-refractivity contribution in [2.75, 3.05) is 23.1 Å². The molecule has 172 valence electrons. The predicted molar refractivity (Wildman–Crippen MR) is 140 cm³/mol. The Hall–Kier alpha value is -4.91. The summed E-state index contributed by atoms with van der Waals surface area (Å²) < 4.78 is 5.36. The molecule has 0 radical (unpaired) electrons. The fourth-order valence-electron chi connectivity index (χ4n) is 3.70. The number of fused-ring (bicyclic) bond motifs is 1. The fourth-order valence-corrected chi connectivity index (χ4v) is 3.70. The van der Waals surface area contributed by atoms with E-state index >= 15 is 0 Å². The first kappa shape index (κ1) is 21.9. The van der Waals surface area contributed by atoms with Gasteiger partial charge in [0.25, 0.3) is 5.91 Å². The molecule has 0 aliphatic carbocycles. The zero-order valence-corrected chi connectivity index (χ0v) is 19.0. The van der Waals surface area contributed by atoms with Crippen LogP contribution in [0.2, 0.25) is 0 Å². The van der Waals surface area contributed by atoms with Crippen LogP contribution in [0, 0.1) is 0 Å². The quantitative estimate of drug-likeness (QED) is 0.261. The van der Waals surface area contributed by atoms with Crippen molar-refractivity contribution in [3.05, 3.63) is 109 Å². The Kier molecular flexibility index (Phi) is 6.21. The van der Waals surface area contributed by atoms with Crippen LogP contribution in [-0.4, -0.2) is 23.0 Å². The first-order valence-corrected chi connectivity index (χ1v) is 11.1. The van der Waals surface area contributed by atoms with Gasteiger partial charge < -0.3 is 20.7 Å². The van der Waals surface area contributed by atoms with Crippen molar-refractivity contribution in [2.45, 2.75) is 0 Å². The average Bonchev–Trinajstić information content (AvgIpc) is 2.90. The van der Waals surface area contributed by atoms with Gasteiger partial charge in [0.2, 0.25) is 0 Å². The maximum atomic E-state index is 12.9. The van der Waals surface area contributed by atoms with Crippen LogP contribution in [0.1, 0.15) is 10.4 Å². The molecular formula is C28H23N5O2. The molecule has 3 aromatic carbocycles. The minimum atomic E-state index is -0.190. The molecule has 0 fully saturated rings. The highest BCUT2D eigenvalue weighted by molar-refractivity contribution is 6.05. The number of nitrogens with zero attached hydrogens (tertiary/aromatic N) is 2. The third-order valence-electron chi connectivity index (χ3n) is 5.46. The Morgan fingerprint density at radius 3 is 2.31 bits per heavy atom. The van der Waals surface area contributed by atoms with Crippen molar-refractivity contribution in [3.8, 4) is 5.75 Å². The van der Waals surface area contributed by atoms with Crippen LogP contribution in [0.5, 0.6) is 5.75 Å². The summed E-state index contributed by atoms with van der Waals surface area (Å²) in [7, 11) is 1.64. The number of rotatable bonds is 7. The molecule has 0 aliphatic heterocycles. The summed E-state index contributed by atoms with van der Waals surface area (Å²) in [6.07, 6.45) is 5.21. The summed E-state index contributed by atoms with van der Waals surface area (Å²) in [5, 5.41) is 10.6. The molecule has 1 amide bonds. The minimum absolute atomic E-state index is 0.190. The van der Waals surface area contributed by atoms with E-state index in [9.17, 15) is 4.79 Å². The lowest BCUT2D eigenvalue weighted by atomic mass is 10.1. The van der Waals surface area contributed by atoms with Gasteiger partial charge in [0.1, 0.15) is 5.75 Å². The van der Waals surface area contributed by atoms with Gasteiger partial charge in [-0.15, -0.1) is 0 Å². The van der Waals surface area contributed by atoms with Gasteiger partial charge in [-0.3, -0.25) is 14.8 Å². The number of amides is 1. The molecule has 0 unspecified atom stereocenters. The standard InChI is InChI=1S/C28H23N5O2/c1-35-24-9-10-26-25(18-24)27(13-16-30-26)32-23-4-2-3-19(17-23)28(34)33-21-7-5-20(6-8-21)31-22-11-14-29-15-12-22/h2-18H,1H3,(H,29,31)(H,30,32)(H,33,34). The van der Waals surface area contributed by atoms with Crippen molar-refractivity contribution in [3.63, 3.8) is 0 Å². The van der Waals surface area contributed by atoms with Crippen molar-refractivity contribution < 1.29 is 9.53 Å². The summed E-state index contributed by atoms with van der Waals surface area (Å²) in [6, 6.07) is 26.3. The van der Waals surface area contributed by atoms with Crippen molar-refractivity contribution in [1.82, 2.24) is 9.97 Å².